The van der Waals surface area contributed by atoms with Gasteiger partial charge >= 0.3 is 6.03 Å². The Kier molecular flexibility index (Phi) is 7.24. The number of amides is 2. The maximum Gasteiger partial charge on any atom is 0.320 e. The number of anilines is 1. The first-order chi connectivity index (χ1) is 21.4. The lowest BCUT2D eigenvalue weighted by Crippen LogP contribution is -2.36. The molecule has 1 aliphatic heterocycles. The number of fused-ring (bicyclic) bond motifs is 1. The van der Waals surface area contributed by atoms with Crippen LogP contribution >= 0.6 is 0 Å². The van der Waals surface area contributed by atoms with E-state index in [0.717, 1.165) is 27.8 Å². The predicted octanol–water partition coefficient (Wildman–Crippen LogP) is 4.84. The van der Waals surface area contributed by atoms with Gasteiger partial charge in [0.2, 0.25) is 5.95 Å². The SMILES string of the molecule is COCCN1C[C@@]2(C[C@@H]2NC(=O)Nc2c(C)c(-c3cnc4cccnc4c3)nn2-c2ccccc2)C(c2ccnc(F)c2)O1. The molecule has 2 fully saturated rings. The van der Waals surface area contributed by atoms with E-state index in [9.17, 15) is 9.18 Å². The number of ether oxygens (including phenoxy) is 1. The molecular weight excluding hydrogens is 563 g/mol. The Hall–Kier alpha value is -4.78. The van der Waals surface area contributed by atoms with E-state index in [0.29, 0.717) is 43.2 Å². The van der Waals surface area contributed by atoms with Gasteiger partial charge in [-0.2, -0.15) is 14.6 Å². The molecule has 1 spiro atoms. The molecule has 5 heterocycles. The van der Waals surface area contributed by atoms with Crippen LogP contribution in [0.4, 0.5) is 15.0 Å². The smallest absolute Gasteiger partial charge is 0.320 e. The summed E-state index contributed by atoms with van der Waals surface area (Å²) in [5.74, 6) is -0.0333. The first kappa shape index (κ1) is 28.0. The lowest BCUT2D eigenvalue weighted by atomic mass is 9.93. The van der Waals surface area contributed by atoms with Gasteiger partial charge in [-0.3, -0.25) is 20.1 Å². The van der Waals surface area contributed by atoms with Crippen molar-refractivity contribution in [3.8, 4) is 16.9 Å². The van der Waals surface area contributed by atoms with Crippen molar-refractivity contribution < 1.29 is 18.8 Å². The summed E-state index contributed by atoms with van der Waals surface area (Å²) in [6.45, 7) is 3.54. The Balaban J connectivity index is 1.16. The van der Waals surface area contributed by atoms with Gasteiger partial charge in [0.1, 0.15) is 11.9 Å². The number of pyridine rings is 3. The van der Waals surface area contributed by atoms with Crippen molar-refractivity contribution in [1.29, 1.82) is 0 Å². The lowest BCUT2D eigenvalue weighted by Gasteiger charge is -2.19. The molecular formula is C32H31FN8O3. The first-order valence-corrected chi connectivity index (χ1v) is 14.4. The third kappa shape index (κ3) is 5.17. The Morgan fingerprint density at radius 1 is 1.09 bits per heavy atom. The summed E-state index contributed by atoms with van der Waals surface area (Å²) >= 11 is 0. The van der Waals surface area contributed by atoms with Gasteiger partial charge in [0.05, 0.1) is 29.0 Å². The molecule has 7 rings (SSSR count). The van der Waals surface area contributed by atoms with Gasteiger partial charge in [0, 0.05) is 61.4 Å². The number of rotatable bonds is 8. The van der Waals surface area contributed by atoms with E-state index in [-0.39, 0.29) is 12.1 Å². The van der Waals surface area contributed by atoms with Crippen molar-refractivity contribution in [2.45, 2.75) is 25.5 Å². The zero-order valence-corrected chi connectivity index (χ0v) is 24.3. The van der Waals surface area contributed by atoms with Crippen LogP contribution in [0.2, 0.25) is 0 Å². The molecule has 2 N–H and O–H groups in total. The standard InChI is InChI=1S/C32H31FN8O3/c1-20-28(22-15-25-24(36-18-22)9-6-11-34-25)39-41(23-7-4-3-5-8-23)30(20)38-31(42)37-26-17-32(26)19-40(13-14-43-2)44-29(32)21-10-12-35-27(33)16-21/h3-12,15-16,18,26,29H,13-14,17,19H2,1-2H3,(H2,37,38,42)/t26-,29?,32+/m0/s1. The number of urea groups is 1. The number of carbonyl (C=O) groups is 1. The molecule has 11 nitrogen and oxygen atoms in total. The van der Waals surface area contributed by atoms with Crippen LogP contribution in [0, 0.1) is 18.3 Å². The minimum absolute atomic E-state index is 0.195. The molecule has 1 unspecified atom stereocenters. The Bertz CT molecular complexity index is 1830. The summed E-state index contributed by atoms with van der Waals surface area (Å²) < 4.78 is 21.0. The van der Waals surface area contributed by atoms with E-state index in [2.05, 4.69) is 25.6 Å². The Morgan fingerprint density at radius 2 is 1.95 bits per heavy atom. The second-order valence-corrected chi connectivity index (χ2v) is 11.2. The summed E-state index contributed by atoms with van der Waals surface area (Å²) in [4.78, 5) is 32.5. The molecule has 1 saturated carbocycles. The summed E-state index contributed by atoms with van der Waals surface area (Å²) in [6, 6.07) is 17.9. The summed E-state index contributed by atoms with van der Waals surface area (Å²) in [5, 5.41) is 12.9. The largest absolute Gasteiger partial charge is 0.383 e. The second-order valence-electron chi connectivity index (χ2n) is 11.2. The van der Waals surface area contributed by atoms with Crippen LogP contribution in [0.25, 0.3) is 28.0 Å². The number of hydroxylamine groups is 2. The zero-order valence-electron chi connectivity index (χ0n) is 24.3. The zero-order chi connectivity index (χ0) is 30.3. The van der Waals surface area contributed by atoms with Gasteiger partial charge in [-0.05, 0) is 61.4 Å². The predicted molar refractivity (Wildman–Crippen MR) is 161 cm³/mol. The number of carbonyl (C=O) groups excluding carboxylic acids is 1. The number of para-hydroxylation sites is 1. The fourth-order valence-electron chi connectivity index (χ4n) is 6.04. The maximum absolute atomic E-state index is 14.1. The normalized spacial score (nSPS) is 21.2. The van der Waals surface area contributed by atoms with Crippen LogP contribution in [0.3, 0.4) is 0 Å². The number of methoxy groups -OCH3 is 1. The highest BCUT2D eigenvalue weighted by Crippen LogP contribution is 2.60. The molecule has 1 aromatic carbocycles. The van der Waals surface area contributed by atoms with E-state index in [1.165, 1.54) is 12.3 Å². The average Bonchev–Trinajstić information content (AvgIpc) is 3.41. The topological polar surface area (TPSA) is 119 Å². The molecule has 2 aliphatic rings. The van der Waals surface area contributed by atoms with Crippen molar-refractivity contribution >= 4 is 22.9 Å². The van der Waals surface area contributed by atoms with Crippen molar-refractivity contribution in [2.24, 2.45) is 5.41 Å². The van der Waals surface area contributed by atoms with Gasteiger partial charge in [0.15, 0.2) is 0 Å². The number of hydrogen-bond donors (Lipinski definition) is 2. The van der Waals surface area contributed by atoms with Crippen molar-refractivity contribution in [3.63, 3.8) is 0 Å². The van der Waals surface area contributed by atoms with Gasteiger partial charge in [-0.15, -0.1) is 0 Å². The van der Waals surface area contributed by atoms with Crippen LogP contribution in [0.15, 0.2) is 79.3 Å². The number of aromatic nitrogens is 5. The summed E-state index contributed by atoms with van der Waals surface area (Å²) in [6.07, 6.45) is 5.18. The van der Waals surface area contributed by atoms with Crippen molar-refractivity contribution in [1.82, 2.24) is 35.1 Å². The van der Waals surface area contributed by atoms with Gasteiger partial charge in [-0.1, -0.05) is 18.2 Å². The summed E-state index contributed by atoms with van der Waals surface area (Å²) in [7, 11) is 1.63. The van der Waals surface area contributed by atoms with E-state index >= 15 is 0 Å². The number of benzene rings is 1. The highest BCUT2D eigenvalue weighted by molar-refractivity contribution is 5.92. The van der Waals surface area contributed by atoms with E-state index < -0.39 is 17.5 Å². The van der Waals surface area contributed by atoms with Crippen LogP contribution in [0.1, 0.15) is 23.7 Å². The third-order valence-electron chi connectivity index (χ3n) is 8.35. The maximum atomic E-state index is 14.1. The van der Waals surface area contributed by atoms with Gasteiger partial charge < -0.3 is 10.1 Å². The number of nitrogens with zero attached hydrogens (tertiary/aromatic N) is 6. The quantitative estimate of drug-likeness (QED) is 0.245. The number of halogens is 1. The van der Waals surface area contributed by atoms with Crippen LogP contribution < -0.4 is 10.6 Å². The Labute approximate surface area is 253 Å². The molecule has 224 valence electrons. The van der Waals surface area contributed by atoms with Gasteiger partial charge in [-0.25, -0.2) is 14.5 Å². The molecule has 0 radical (unpaired) electrons. The highest BCUT2D eigenvalue weighted by Gasteiger charge is 2.65. The molecule has 44 heavy (non-hydrogen) atoms. The van der Waals surface area contributed by atoms with Crippen molar-refractivity contribution in [3.05, 3.63) is 96.3 Å². The van der Waals surface area contributed by atoms with E-state index in [1.807, 2.05) is 60.5 Å². The van der Waals surface area contributed by atoms with Crippen molar-refractivity contribution in [2.75, 3.05) is 32.1 Å². The minimum atomic E-state index is -0.572. The minimum Gasteiger partial charge on any atom is -0.383 e. The monoisotopic (exact) mass is 594 g/mol. The molecule has 5 aromatic rings. The fourth-order valence-corrected chi connectivity index (χ4v) is 6.04. The van der Waals surface area contributed by atoms with E-state index in [4.69, 9.17) is 14.7 Å². The molecule has 1 aliphatic carbocycles. The third-order valence-corrected chi connectivity index (χ3v) is 8.35. The van der Waals surface area contributed by atoms with Crippen LogP contribution in [0.5, 0.6) is 0 Å². The first-order valence-electron chi connectivity index (χ1n) is 14.4. The molecule has 4 aromatic heterocycles. The number of nitrogens with one attached hydrogen (secondary N) is 2. The van der Waals surface area contributed by atoms with Crippen LogP contribution in [-0.4, -0.2) is 68.7 Å². The highest BCUT2D eigenvalue weighted by atomic mass is 19.1. The molecule has 3 atom stereocenters. The molecule has 0 bridgehead atoms. The molecule has 1 saturated heterocycles. The lowest BCUT2D eigenvalue weighted by molar-refractivity contribution is -0.155. The number of hydrogen-bond acceptors (Lipinski definition) is 8. The second kappa shape index (κ2) is 11.4. The fraction of sp³-hybridized carbons (Fsp3) is 0.281. The average molecular weight is 595 g/mol. The molecule has 2 amide bonds. The van der Waals surface area contributed by atoms with Crippen LogP contribution in [-0.2, 0) is 9.57 Å². The molecule has 12 heteroatoms. The van der Waals surface area contributed by atoms with Gasteiger partial charge in [0.25, 0.3) is 0 Å². The van der Waals surface area contributed by atoms with E-state index in [1.54, 1.807) is 30.3 Å². The Morgan fingerprint density at radius 3 is 2.77 bits per heavy atom. The summed E-state index contributed by atoms with van der Waals surface area (Å²) in [5.41, 5.74) is 4.87.